The van der Waals surface area contributed by atoms with E-state index in [1.807, 2.05) is 0 Å². The van der Waals surface area contributed by atoms with Crippen LogP contribution in [0.3, 0.4) is 0 Å². The molecule has 4 rings (SSSR count). The first-order valence-electron chi connectivity index (χ1n) is 8.58. The molecular weight excluding hydrogens is 246 g/mol. The van der Waals surface area contributed by atoms with Crippen LogP contribution in [0.25, 0.3) is 0 Å². The molecule has 0 amide bonds. The highest BCUT2D eigenvalue weighted by atomic mass is 15.3. The molecule has 20 heavy (non-hydrogen) atoms. The van der Waals surface area contributed by atoms with Gasteiger partial charge in [0.25, 0.3) is 0 Å². The number of hydrogen-bond donors (Lipinski definition) is 1. The van der Waals surface area contributed by atoms with Crippen LogP contribution in [0.15, 0.2) is 12.3 Å². The quantitative estimate of drug-likeness (QED) is 0.893. The fourth-order valence-electron chi connectivity index (χ4n) is 4.99. The summed E-state index contributed by atoms with van der Waals surface area (Å²) in [6.45, 7) is 0. The first kappa shape index (κ1) is 12.9. The third kappa shape index (κ3) is 2.20. The van der Waals surface area contributed by atoms with E-state index in [9.17, 15) is 0 Å². The van der Waals surface area contributed by atoms with Crippen molar-refractivity contribution >= 4 is 0 Å². The summed E-state index contributed by atoms with van der Waals surface area (Å²) in [7, 11) is 2.13. The van der Waals surface area contributed by atoms with Gasteiger partial charge in [0.15, 0.2) is 0 Å². The second-order valence-electron chi connectivity index (χ2n) is 7.16. The van der Waals surface area contributed by atoms with Crippen LogP contribution < -0.4 is 5.32 Å². The van der Waals surface area contributed by atoms with Gasteiger partial charge < -0.3 is 5.32 Å². The number of hydrogen-bond acceptors (Lipinski definition) is 2. The van der Waals surface area contributed by atoms with E-state index in [0.717, 1.165) is 24.2 Å². The highest BCUT2D eigenvalue weighted by Gasteiger charge is 2.55. The van der Waals surface area contributed by atoms with Gasteiger partial charge in [-0.25, -0.2) is 0 Å². The number of nitrogens with one attached hydrogen (secondary N) is 1. The van der Waals surface area contributed by atoms with Crippen molar-refractivity contribution in [3.63, 3.8) is 0 Å². The summed E-state index contributed by atoms with van der Waals surface area (Å²) < 4.78 is 2.24. The minimum absolute atomic E-state index is 0.650. The van der Waals surface area contributed by atoms with E-state index in [1.165, 1.54) is 50.6 Å². The molecule has 0 bridgehead atoms. The van der Waals surface area contributed by atoms with Crippen LogP contribution in [0.5, 0.6) is 0 Å². The van der Waals surface area contributed by atoms with E-state index >= 15 is 0 Å². The average Bonchev–Trinajstić information content (AvgIpc) is 3.03. The summed E-state index contributed by atoms with van der Waals surface area (Å²) in [6, 6.07) is 3.58. The Morgan fingerprint density at radius 2 is 1.95 bits per heavy atom. The van der Waals surface area contributed by atoms with Gasteiger partial charge in [-0.3, -0.25) is 4.68 Å². The highest BCUT2D eigenvalue weighted by Crippen LogP contribution is 2.59. The van der Waals surface area contributed by atoms with Crippen molar-refractivity contribution in [2.75, 3.05) is 7.05 Å². The lowest BCUT2D eigenvalue weighted by molar-refractivity contribution is 0.417. The van der Waals surface area contributed by atoms with Gasteiger partial charge in [-0.1, -0.05) is 19.3 Å². The molecule has 110 valence electrons. The maximum absolute atomic E-state index is 4.86. The Morgan fingerprint density at radius 1 is 1.20 bits per heavy atom. The summed E-state index contributed by atoms with van der Waals surface area (Å²) in [5.74, 6) is 3.00. The number of fused-ring (bicyclic) bond motifs is 1. The molecule has 1 aromatic heterocycles. The van der Waals surface area contributed by atoms with Crippen LogP contribution in [-0.4, -0.2) is 22.9 Å². The SMILES string of the molecule is CNC(Cc1ccn(C2CCCC2)n1)C1C2CCCC21. The smallest absolute Gasteiger partial charge is 0.0640 e. The molecule has 3 aliphatic carbocycles. The van der Waals surface area contributed by atoms with Gasteiger partial charge >= 0.3 is 0 Å². The fraction of sp³-hybridized carbons (Fsp3) is 0.824. The fourth-order valence-corrected chi connectivity index (χ4v) is 4.99. The van der Waals surface area contributed by atoms with E-state index in [2.05, 4.69) is 29.3 Å². The van der Waals surface area contributed by atoms with Crippen molar-refractivity contribution in [2.24, 2.45) is 17.8 Å². The molecule has 1 N–H and O–H groups in total. The van der Waals surface area contributed by atoms with Crippen molar-refractivity contribution in [3.8, 4) is 0 Å². The predicted octanol–water partition coefficient (Wildman–Crippen LogP) is 3.17. The second-order valence-corrected chi connectivity index (χ2v) is 7.16. The zero-order valence-electron chi connectivity index (χ0n) is 12.6. The molecule has 0 spiro atoms. The van der Waals surface area contributed by atoms with Gasteiger partial charge in [-0.15, -0.1) is 0 Å². The second kappa shape index (κ2) is 5.18. The summed E-state index contributed by atoms with van der Waals surface area (Å²) in [6.07, 6.45) is 13.2. The molecule has 0 aromatic carbocycles. The van der Waals surface area contributed by atoms with Gasteiger partial charge in [0.05, 0.1) is 11.7 Å². The van der Waals surface area contributed by atoms with Gasteiger partial charge in [-0.2, -0.15) is 5.10 Å². The Labute approximate surface area is 122 Å². The topological polar surface area (TPSA) is 29.9 Å². The molecule has 0 saturated heterocycles. The first-order chi connectivity index (χ1) is 9.86. The van der Waals surface area contributed by atoms with Crippen LogP contribution in [-0.2, 0) is 6.42 Å². The Balaban J connectivity index is 1.40. The normalized spacial score (nSPS) is 34.4. The Kier molecular flexibility index (Phi) is 3.33. The molecule has 3 saturated carbocycles. The monoisotopic (exact) mass is 273 g/mol. The van der Waals surface area contributed by atoms with Crippen LogP contribution >= 0.6 is 0 Å². The summed E-state index contributed by atoms with van der Waals surface area (Å²) in [5, 5.41) is 8.43. The third-order valence-electron chi connectivity index (χ3n) is 6.10. The molecular formula is C17H27N3. The van der Waals surface area contributed by atoms with E-state index in [0.29, 0.717) is 12.1 Å². The molecule has 1 heterocycles. The highest BCUT2D eigenvalue weighted by molar-refractivity contribution is 5.11. The largest absolute Gasteiger partial charge is 0.316 e. The van der Waals surface area contributed by atoms with E-state index < -0.39 is 0 Å². The van der Waals surface area contributed by atoms with Crippen molar-refractivity contribution in [1.29, 1.82) is 0 Å². The van der Waals surface area contributed by atoms with Crippen molar-refractivity contribution in [1.82, 2.24) is 15.1 Å². The molecule has 0 aliphatic heterocycles. The molecule has 3 heteroatoms. The Morgan fingerprint density at radius 3 is 2.65 bits per heavy atom. The maximum Gasteiger partial charge on any atom is 0.0640 e. The lowest BCUT2D eigenvalue weighted by Gasteiger charge is -2.17. The van der Waals surface area contributed by atoms with Crippen molar-refractivity contribution < 1.29 is 0 Å². The number of aromatic nitrogens is 2. The summed E-state index contributed by atoms with van der Waals surface area (Å²) in [5.41, 5.74) is 1.29. The molecule has 3 atom stereocenters. The Hall–Kier alpha value is -0.830. The first-order valence-corrected chi connectivity index (χ1v) is 8.58. The molecule has 0 radical (unpaired) electrons. The zero-order valence-corrected chi connectivity index (χ0v) is 12.6. The van der Waals surface area contributed by atoms with Crippen LogP contribution in [0.2, 0.25) is 0 Å². The lowest BCUT2D eigenvalue weighted by atomic mass is 10.00. The van der Waals surface area contributed by atoms with E-state index in [-0.39, 0.29) is 0 Å². The lowest BCUT2D eigenvalue weighted by Crippen LogP contribution is -2.31. The number of nitrogens with zero attached hydrogens (tertiary/aromatic N) is 2. The van der Waals surface area contributed by atoms with Crippen LogP contribution in [0.4, 0.5) is 0 Å². The summed E-state index contributed by atoms with van der Waals surface area (Å²) in [4.78, 5) is 0. The summed E-state index contributed by atoms with van der Waals surface area (Å²) >= 11 is 0. The molecule has 1 aromatic rings. The molecule has 3 fully saturated rings. The maximum atomic E-state index is 4.86. The van der Waals surface area contributed by atoms with E-state index in [1.54, 1.807) is 0 Å². The standard InChI is InChI=1S/C17H27N3/c1-18-16(17-14-7-4-8-15(14)17)11-12-9-10-20(19-12)13-5-2-3-6-13/h9-10,13-18H,2-8,11H2,1H3. The molecule has 3 unspecified atom stereocenters. The zero-order chi connectivity index (χ0) is 13.5. The van der Waals surface area contributed by atoms with Crippen LogP contribution in [0, 0.1) is 17.8 Å². The third-order valence-corrected chi connectivity index (χ3v) is 6.10. The molecule has 3 aliphatic rings. The Bertz CT molecular complexity index is 451. The molecule has 3 nitrogen and oxygen atoms in total. The van der Waals surface area contributed by atoms with Gasteiger partial charge in [0, 0.05) is 18.7 Å². The minimum atomic E-state index is 0.650. The van der Waals surface area contributed by atoms with E-state index in [4.69, 9.17) is 5.10 Å². The van der Waals surface area contributed by atoms with Crippen molar-refractivity contribution in [3.05, 3.63) is 18.0 Å². The average molecular weight is 273 g/mol. The van der Waals surface area contributed by atoms with Crippen molar-refractivity contribution in [2.45, 2.75) is 63.5 Å². The minimum Gasteiger partial charge on any atom is -0.316 e. The van der Waals surface area contributed by atoms with Crippen LogP contribution in [0.1, 0.15) is 56.7 Å². The van der Waals surface area contributed by atoms with Gasteiger partial charge in [0.2, 0.25) is 0 Å². The predicted molar refractivity (Wildman–Crippen MR) is 80.6 cm³/mol. The van der Waals surface area contributed by atoms with Gasteiger partial charge in [0.1, 0.15) is 0 Å². The number of rotatable bonds is 5. The van der Waals surface area contributed by atoms with Gasteiger partial charge in [-0.05, 0) is 56.6 Å². The number of likely N-dealkylation sites (N-methyl/N-ethyl adjacent to an activating group) is 1.